The van der Waals surface area contributed by atoms with Crippen LogP contribution in [0.2, 0.25) is 10.0 Å². The molecule has 10 heteroatoms. The van der Waals surface area contributed by atoms with Gasteiger partial charge in [0.15, 0.2) is 0 Å². The lowest BCUT2D eigenvalue weighted by Crippen LogP contribution is -2.45. The zero-order valence-corrected chi connectivity index (χ0v) is 18.2. The molecule has 0 bridgehead atoms. The number of carbonyl (C=O) groups is 2. The monoisotopic (exact) mass is 458 g/mol. The molecular formula is C21H20Cl2N6O2. The van der Waals surface area contributed by atoms with Crippen LogP contribution in [0, 0.1) is 6.92 Å². The number of rotatable bonds is 4. The highest BCUT2D eigenvalue weighted by atomic mass is 35.5. The highest BCUT2D eigenvalue weighted by Crippen LogP contribution is 2.24. The van der Waals surface area contributed by atoms with Gasteiger partial charge in [-0.05, 0) is 37.1 Å². The number of nitrogens with one attached hydrogen (secondary N) is 3. The van der Waals surface area contributed by atoms with Crippen LogP contribution in [-0.2, 0) is 29.1 Å². The molecule has 3 N–H and O–H groups in total. The van der Waals surface area contributed by atoms with Crippen molar-refractivity contribution in [3.63, 3.8) is 0 Å². The Morgan fingerprint density at radius 1 is 1.19 bits per heavy atom. The Balaban J connectivity index is 1.40. The second-order valence-electron chi connectivity index (χ2n) is 7.21. The molecule has 1 aromatic carbocycles. The number of nitrogens with zero attached hydrogens (tertiary/aromatic N) is 3. The minimum Gasteiger partial charge on any atom is -0.344 e. The number of aromatic amines is 1. The largest absolute Gasteiger partial charge is 0.344 e. The highest BCUT2D eigenvalue weighted by Gasteiger charge is 2.27. The number of pyridine rings is 1. The van der Waals surface area contributed by atoms with E-state index in [-0.39, 0.29) is 13.1 Å². The van der Waals surface area contributed by atoms with Crippen molar-refractivity contribution in [2.75, 3.05) is 11.9 Å². The molecule has 3 heterocycles. The summed E-state index contributed by atoms with van der Waals surface area (Å²) in [7, 11) is 0. The van der Waals surface area contributed by atoms with Crippen molar-refractivity contribution in [3.8, 4) is 0 Å². The topological polar surface area (TPSA) is 103 Å². The third-order valence-corrected chi connectivity index (χ3v) is 5.71. The summed E-state index contributed by atoms with van der Waals surface area (Å²) in [4.78, 5) is 31.2. The van der Waals surface area contributed by atoms with Crippen LogP contribution >= 0.6 is 23.2 Å². The summed E-state index contributed by atoms with van der Waals surface area (Å²) in [6, 6.07) is 10.8. The van der Waals surface area contributed by atoms with Crippen LogP contribution in [0.25, 0.3) is 0 Å². The molecule has 1 aliphatic heterocycles. The number of aryl methyl sites for hydroxylation is 1. The molecule has 0 radical (unpaired) electrons. The quantitative estimate of drug-likeness (QED) is 0.520. The van der Waals surface area contributed by atoms with Crippen LogP contribution in [0.5, 0.6) is 0 Å². The maximum Gasteiger partial charge on any atom is 0.312 e. The highest BCUT2D eigenvalue weighted by molar-refractivity contribution is 6.36. The summed E-state index contributed by atoms with van der Waals surface area (Å²) < 4.78 is 0. The van der Waals surface area contributed by atoms with E-state index < -0.39 is 11.8 Å². The Morgan fingerprint density at radius 2 is 1.97 bits per heavy atom. The normalized spacial score (nSPS) is 12.9. The van der Waals surface area contributed by atoms with Crippen molar-refractivity contribution in [2.45, 2.75) is 26.4 Å². The Morgan fingerprint density at radius 3 is 2.68 bits per heavy atom. The number of anilines is 2. The molecule has 0 saturated heterocycles. The second-order valence-corrected chi connectivity index (χ2v) is 8.02. The number of fused-ring (bicyclic) bond motifs is 1. The molecule has 4 rings (SSSR count). The number of halogens is 2. The number of H-pyrrole nitrogens is 1. The van der Waals surface area contributed by atoms with Crippen LogP contribution in [0.15, 0.2) is 36.4 Å². The molecule has 0 aliphatic carbocycles. The predicted molar refractivity (Wildman–Crippen MR) is 118 cm³/mol. The molecular weight excluding hydrogens is 439 g/mol. The Bertz CT molecular complexity index is 1130. The van der Waals surface area contributed by atoms with Gasteiger partial charge in [0.05, 0.1) is 17.9 Å². The van der Waals surface area contributed by atoms with Crippen molar-refractivity contribution >= 4 is 46.7 Å². The summed E-state index contributed by atoms with van der Waals surface area (Å²) in [5.41, 5.74) is 3.24. The van der Waals surface area contributed by atoms with Crippen LogP contribution in [0.3, 0.4) is 0 Å². The maximum absolute atomic E-state index is 12.7. The van der Waals surface area contributed by atoms with Crippen molar-refractivity contribution < 1.29 is 9.59 Å². The van der Waals surface area contributed by atoms with E-state index in [0.29, 0.717) is 34.4 Å². The molecule has 3 aromatic rings. The fourth-order valence-electron chi connectivity index (χ4n) is 3.37. The second kappa shape index (κ2) is 8.95. The van der Waals surface area contributed by atoms with Crippen LogP contribution in [-0.4, -0.2) is 38.4 Å². The first kappa shape index (κ1) is 21.1. The first-order chi connectivity index (χ1) is 14.9. The zero-order chi connectivity index (χ0) is 22.0. The van der Waals surface area contributed by atoms with Crippen molar-refractivity contribution in [1.29, 1.82) is 0 Å². The molecule has 0 saturated carbocycles. The van der Waals surface area contributed by atoms with Crippen LogP contribution < -0.4 is 10.6 Å². The molecule has 160 valence electrons. The third kappa shape index (κ3) is 4.81. The molecule has 0 atom stereocenters. The van der Waals surface area contributed by atoms with E-state index in [1.54, 1.807) is 18.2 Å². The molecule has 0 fully saturated rings. The molecule has 1 aliphatic rings. The van der Waals surface area contributed by atoms with E-state index >= 15 is 0 Å². The molecule has 0 unspecified atom stereocenters. The average molecular weight is 459 g/mol. The molecule has 0 spiro atoms. The van der Waals surface area contributed by atoms with Gasteiger partial charge < -0.3 is 15.5 Å². The number of hydrogen-bond acceptors (Lipinski definition) is 5. The SMILES string of the molecule is Cc1cc(Nc2ccc3c(n2)CN(C(=O)C(=O)NCc2c(Cl)cccc2Cl)CC3)[nH]n1. The Kier molecular flexibility index (Phi) is 6.11. The van der Waals surface area contributed by atoms with E-state index in [1.807, 2.05) is 25.1 Å². The summed E-state index contributed by atoms with van der Waals surface area (Å²) >= 11 is 12.2. The van der Waals surface area contributed by atoms with E-state index in [0.717, 1.165) is 22.8 Å². The number of aromatic nitrogens is 3. The van der Waals surface area contributed by atoms with Gasteiger partial charge in [-0.3, -0.25) is 14.7 Å². The summed E-state index contributed by atoms with van der Waals surface area (Å²) in [5, 5.41) is 13.6. The van der Waals surface area contributed by atoms with Crippen molar-refractivity contribution in [2.24, 2.45) is 0 Å². The van der Waals surface area contributed by atoms with Gasteiger partial charge >= 0.3 is 11.8 Å². The van der Waals surface area contributed by atoms with Gasteiger partial charge in [0, 0.05) is 34.8 Å². The van der Waals surface area contributed by atoms with Gasteiger partial charge in [0.1, 0.15) is 11.6 Å². The standard InChI is InChI=1S/C21H20Cl2N6O2/c1-12-9-19(28-27-12)26-18-6-5-13-7-8-29(11-17(13)25-18)21(31)20(30)24-10-14-15(22)3-2-4-16(14)23/h2-6,9H,7-8,10-11H2,1H3,(H,24,30)(H2,25,26,27,28). The number of hydrogen-bond donors (Lipinski definition) is 3. The summed E-state index contributed by atoms with van der Waals surface area (Å²) in [6.45, 7) is 2.66. The predicted octanol–water partition coefficient (Wildman–Crippen LogP) is 3.36. The van der Waals surface area contributed by atoms with E-state index in [9.17, 15) is 9.59 Å². The lowest BCUT2D eigenvalue weighted by molar-refractivity contribution is -0.146. The number of carbonyl (C=O) groups excluding carboxylic acids is 2. The minimum atomic E-state index is -0.707. The van der Waals surface area contributed by atoms with Gasteiger partial charge in [-0.15, -0.1) is 0 Å². The van der Waals surface area contributed by atoms with E-state index in [4.69, 9.17) is 23.2 Å². The van der Waals surface area contributed by atoms with Crippen LogP contribution in [0.1, 0.15) is 22.5 Å². The molecule has 31 heavy (non-hydrogen) atoms. The molecule has 2 amide bonds. The fraction of sp³-hybridized carbons (Fsp3) is 0.238. The minimum absolute atomic E-state index is 0.0728. The van der Waals surface area contributed by atoms with E-state index in [1.165, 1.54) is 4.90 Å². The lowest BCUT2D eigenvalue weighted by atomic mass is 10.0. The van der Waals surface area contributed by atoms with Gasteiger partial charge in [0.25, 0.3) is 0 Å². The molecule has 2 aromatic heterocycles. The average Bonchev–Trinajstić information content (AvgIpc) is 3.16. The molecule has 8 nitrogen and oxygen atoms in total. The van der Waals surface area contributed by atoms with Crippen molar-refractivity contribution in [1.82, 2.24) is 25.4 Å². The van der Waals surface area contributed by atoms with Gasteiger partial charge in [-0.1, -0.05) is 35.3 Å². The smallest absolute Gasteiger partial charge is 0.312 e. The third-order valence-electron chi connectivity index (χ3n) is 5.00. The van der Waals surface area contributed by atoms with Gasteiger partial charge in [0.2, 0.25) is 0 Å². The first-order valence-electron chi connectivity index (χ1n) is 9.68. The summed E-state index contributed by atoms with van der Waals surface area (Å²) in [6.07, 6.45) is 0.626. The van der Waals surface area contributed by atoms with Gasteiger partial charge in [-0.25, -0.2) is 4.98 Å². The summed E-state index contributed by atoms with van der Waals surface area (Å²) in [5.74, 6) is 0.0423. The van der Waals surface area contributed by atoms with E-state index in [2.05, 4.69) is 25.8 Å². The Hall–Kier alpha value is -3.10. The first-order valence-corrected chi connectivity index (χ1v) is 10.4. The van der Waals surface area contributed by atoms with Gasteiger partial charge in [-0.2, -0.15) is 5.10 Å². The number of amides is 2. The van der Waals surface area contributed by atoms with Crippen LogP contribution in [0.4, 0.5) is 11.6 Å². The lowest BCUT2D eigenvalue weighted by Gasteiger charge is -2.28. The zero-order valence-electron chi connectivity index (χ0n) is 16.7. The fourth-order valence-corrected chi connectivity index (χ4v) is 3.90. The maximum atomic E-state index is 12.7. The van der Waals surface area contributed by atoms with Crippen molar-refractivity contribution in [3.05, 3.63) is 69.0 Å². The number of benzene rings is 1. The Labute approximate surface area is 189 Å².